The average molecular weight is 490 g/mol. The van der Waals surface area contributed by atoms with Crippen molar-refractivity contribution in [3.63, 3.8) is 0 Å². The molecule has 1 saturated heterocycles. The Bertz CT molecular complexity index is 1140. The van der Waals surface area contributed by atoms with Gasteiger partial charge < -0.3 is 5.32 Å². The van der Waals surface area contributed by atoms with Crippen LogP contribution >= 0.6 is 22.9 Å². The van der Waals surface area contributed by atoms with Gasteiger partial charge in [0.25, 0.3) is 15.9 Å². The Balaban J connectivity index is 1.38. The molecule has 166 valence electrons. The average Bonchev–Trinajstić information content (AvgIpc) is 3.36. The molecule has 2 aromatic rings. The monoisotopic (exact) mass is 489 g/mol. The SMILES string of the molecule is O=C(NCc1cc(F)ccc1F)C1=CC2(CCN(S(=O)(=O)c3ccc(Cl)s3)CC2)ON1. The van der Waals surface area contributed by atoms with Gasteiger partial charge in [0, 0.05) is 25.2 Å². The number of carbonyl (C=O) groups excluding carboxylic acids is 1. The minimum Gasteiger partial charge on any atom is -0.347 e. The number of halogens is 3. The van der Waals surface area contributed by atoms with Crippen LogP contribution in [0.2, 0.25) is 4.34 Å². The van der Waals surface area contributed by atoms with Crippen LogP contribution in [0.5, 0.6) is 0 Å². The van der Waals surface area contributed by atoms with E-state index in [1.807, 2.05) is 0 Å². The summed E-state index contributed by atoms with van der Waals surface area (Å²) in [7, 11) is -3.64. The molecule has 0 unspecified atom stereocenters. The van der Waals surface area contributed by atoms with Gasteiger partial charge in [-0.1, -0.05) is 11.6 Å². The standard InChI is InChI=1S/C19H18ClF2N3O4S2/c20-16-3-4-17(30-16)31(27,28)25-7-5-19(6-8-25)10-15(24-29-19)18(26)23-11-12-9-13(21)1-2-14(12)22/h1-4,9-10,24H,5-8,11H2,(H,23,26). The van der Waals surface area contributed by atoms with Gasteiger partial charge in [0.2, 0.25) is 0 Å². The number of benzene rings is 1. The number of hydrogen-bond donors (Lipinski definition) is 2. The third-order valence-electron chi connectivity index (χ3n) is 5.17. The second kappa shape index (κ2) is 8.47. The minimum atomic E-state index is -3.64. The Morgan fingerprint density at radius 3 is 2.68 bits per heavy atom. The maximum absolute atomic E-state index is 13.7. The highest BCUT2D eigenvalue weighted by molar-refractivity contribution is 7.91. The number of nitrogens with zero attached hydrogens (tertiary/aromatic N) is 1. The molecule has 2 N–H and O–H groups in total. The van der Waals surface area contributed by atoms with Crippen molar-refractivity contribution in [1.82, 2.24) is 15.1 Å². The van der Waals surface area contributed by atoms with E-state index in [9.17, 15) is 22.0 Å². The number of hydroxylamine groups is 1. The molecule has 0 radical (unpaired) electrons. The predicted octanol–water partition coefficient (Wildman–Crippen LogP) is 2.94. The number of thiophene rings is 1. The number of hydrogen-bond acceptors (Lipinski definition) is 6. The van der Waals surface area contributed by atoms with Crippen molar-refractivity contribution >= 4 is 38.9 Å². The Hall–Kier alpha value is -2.05. The molecule has 3 heterocycles. The van der Waals surface area contributed by atoms with E-state index in [1.54, 1.807) is 6.08 Å². The molecule has 7 nitrogen and oxygen atoms in total. The van der Waals surface area contributed by atoms with Crippen LogP contribution in [-0.2, 0) is 26.2 Å². The van der Waals surface area contributed by atoms with Crippen molar-refractivity contribution in [2.45, 2.75) is 29.2 Å². The third-order valence-corrected chi connectivity index (χ3v) is 8.77. The largest absolute Gasteiger partial charge is 0.347 e. The lowest BCUT2D eigenvalue weighted by Gasteiger charge is -2.35. The molecule has 1 aromatic carbocycles. The van der Waals surface area contributed by atoms with Gasteiger partial charge in [-0.05, 0) is 49.2 Å². The van der Waals surface area contributed by atoms with Gasteiger partial charge in [-0.25, -0.2) is 17.2 Å². The van der Waals surface area contributed by atoms with Gasteiger partial charge in [-0.3, -0.25) is 15.1 Å². The summed E-state index contributed by atoms with van der Waals surface area (Å²) in [5, 5.41) is 2.51. The van der Waals surface area contributed by atoms with E-state index in [1.165, 1.54) is 16.4 Å². The third kappa shape index (κ3) is 4.60. The molecule has 4 rings (SSSR count). The summed E-state index contributed by atoms with van der Waals surface area (Å²) in [4.78, 5) is 18.0. The molecular weight excluding hydrogens is 472 g/mol. The fraction of sp³-hybridized carbons (Fsp3) is 0.316. The maximum atomic E-state index is 13.7. The summed E-state index contributed by atoms with van der Waals surface area (Å²) in [5.41, 5.74) is 1.90. The number of carbonyl (C=O) groups is 1. The van der Waals surface area contributed by atoms with Crippen molar-refractivity contribution in [3.05, 3.63) is 63.6 Å². The highest BCUT2D eigenvalue weighted by Crippen LogP contribution is 2.35. The molecule has 1 fully saturated rings. The van der Waals surface area contributed by atoms with E-state index in [0.29, 0.717) is 17.2 Å². The molecule has 1 aromatic heterocycles. The fourth-order valence-electron chi connectivity index (χ4n) is 3.46. The van der Waals surface area contributed by atoms with Gasteiger partial charge in [-0.2, -0.15) is 4.31 Å². The van der Waals surface area contributed by atoms with Crippen LogP contribution in [-0.4, -0.2) is 37.3 Å². The van der Waals surface area contributed by atoms with E-state index in [-0.39, 0.29) is 35.1 Å². The Morgan fingerprint density at radius 1 is 1.26 bits per heavy atom. The first-order chi connectivity index (χ1) is 14.7. The molecule has 1 spiro atoms. The molecular formula is C19H18ClF2N3O4S2. The van der Waals surface area contributed by atoms with Crippen LogP contribution in [0.15, 0.2) is 46.3 Å². The van der Waals surface area contributed by atoms with Crippen LogP contribution in [0.3, 0.4) is 0 Å². The lowest BCUT2D eigenvalue weighted by atomic mass is 9.92. The van der Waals surface area contributed by atoms with Crippen LogP contribution in [0.1, 0.15) is 18.4 Å². The molecule has 0 bridgehead atoms. The lowest BCUT2D eigenvalue weighted by molar-refractivity contribution is -0.120. The summed E-state index contributed by atoms with van der Waals surface area (Å²) in [5.74, 6) is -1.76. The molecule has 12 heteroatoms. The lowest BCUT2D eigenvalue weighted by Crippen LogP contribution is -2.46. The van der Waals surface area contributed by atoms with Crippen LogP contribution < -0.4 is 10.8 Å². The first-order valence-corrected chi connectivity index (χ1v) is 12.0. The zero-order chi connectivity index (χ0) is 22.2. The van der Waals surface area contributed by atoms with Gasteiger partial charge in [-0.15, -0.1) is 11.3 Å². The van der Waals surface area contributed by atoms with Crippen molar-refractivity contribution in [2.24, 2.45) is 0 Å². The highest BCUT2D eigenvalue weighted by Gasteiger charge is 2.43. The van der Waals surface area contributed by atoms with Crippen LogP contribution in [0.25, 0.3) is 0 Å². The zero-order valence-electron chi connectivity index (χ0n) is 16.0. The van der Waals surface area contributed by atoms with E-state index in [4.69, 9.17) is 16.4 Å². The number of sulfonamides is 1. The molecule has 2 aliphatic heterocycles. The molecule has 0 aliphatic carbocycles. The van der Waals surface area contributed by atoms with Gasteiger partial charge in [0.15, 0.2) is 0 Å². The van der Waals surface area contributed by atoms with Gasteiger partial charge >= 0.3 is 0 Å². The molecule has 0 saturated carbocycles. The Morgan fingerprint density at radius 2 is 2.00 bits per heavy atom. The predicted molar refractivity (Wildman–Crippen MR) is 111 cm³/mol. The Labute approximate surface area is 186 Å². The first-order valence-electron chi connectivity index (χ1n) is 9.33. The van der Waals surface area contributed by atoms with Crippen molar-refractivity contribution < 1.29 is 26.8 Å². The number of amides is 1. The molecule has 1 amide bonds. The number of nitrogens with one attached hydrogen (secondary N) is 2. The zero-order valence-corrected chi connectivity index (χ0v) is 18.4. The fourth-order valence-corrected chi connectivity index (χ4v) is 6.53. The quantitative estimate of drug-likeness (QED) is 0.674. The van der Waals surface area contributed by atoms with E-state index in [0.717, 1.165) is 29.5 Å². The summed E-state index contributed by atoms with van der Waals surface area (Å²) >= 11 is 6.85. The molecule has 2 aliphatic rings. The number of piperidine rings is 1. The van der Waals surface area contributed by atoms with Gasteiger partial charge in [0.05, 0.1) is 4.34 Å². The Kier molecular flexibility index (Phi) is 6.05. The van der Waals surface area contributed by atoms with Gasteiger partial charge in [0.1, 0.15) is 27.1 Å². The molecule has 0 atom stereocenters. The van der Waals surface area contributed by atoms with Crippen LogP contribution in [0.4, 0.5) is 8.78 Å². The summed E-state index contributed by atoms with van der Waals surface area (Å²) in [6.45, 7) is 0.225. The summed E-state index contributed by atoms with van der Waals surface area (Å²) in [6, 6.07) is 6.02. The highest BCUT2D eigenvalue weighted by atomic mass is 35.5. The van der Waals surface area contributed by atoms with E-state index in [2.05, 4.69) is 10.8 Å². The second-order valence-electron chi connectivity index (χ2n) is 7.21. The summed E-state index contributed by atoms with van der Waals surface area (Å²) < 4.78 is 54.4. The first kappa shape index (κ1) is 22.2. The summed E-state index contributed by atoms with van der Waals surface area (Å²) in [6.07, 6.45) is 2.29. The number of rotatable bonds is 5. The smallest absolute Gasteiger partial charge is 0.269 e. The topological polar surface area (TPSA) is 87.7 Å². The van der Waals surface area contributed by atoms with E-state index < -0.39 is 33.2 Å². The van der Waals surface area contributed by atoms with Crippen molar-refractivity contribution in [3.8, 4) is 0 Å². The van der Waals surface area contributed by atoms with Crippen molar-refractivity contribution in [1.29, 1.82) is 0 Å². The second-order valence-corrected chi connectivity index (χ2v) is 11.1. The van der Waals surface area contributed by atoms with Crippen LogP contribution in [0, 0.1) is 11.6 Å². The normalized spacial score (nSPS) is 18.6. The molecule has 31 heavy (non-hydrogen) atoms. The minimum absolute atomic E-state index is 0.0229. The van der Waals surface area contributed by atoms with Crippen molar-refractivity contribution in [2.75, 3.05) is 13.1 Å². The van der Waals surface area contributed by atoms with E-state index >= 15 is 0 Å². The maximum Gasteiger partial charge on any atom is 0.269 e.